The van der Waals surface area contributed by atoms with Crippen LogP contribution >= 0.6 is 0 Å². The molecular formula is C9H14F2. The van der Waals surface area contributed by atoms with Crippen LogP contribution in [-0.4, -0.2) is 6.43 Å². The third kappa shape index (κ3) is 0.911. The number of halogens is 2. The van der Waals surface area contributed by atoms with Crippen molar-refractivity contribution in [3.05, 3.63) is 0 Å². The first-order valence-corrected chi connectivity index (χ1v) is 4.35. The maximum atomic E-state index is 12.6. The number of alkyl halides is 2. The average molecular weight is 160 g/mol. The van der Waals surface area contributed by atoms with Gasteiger partial charge < -0.3 is 0 Å². The zero-order chi connectivity index (χ0) is 8.11. The quantitative estimate of drug-likeness (QED) is 0.552. The molecule has 2 aliphatic rings. The highest BCUT2D eigenvalue weighted by molar-refractivity contribution is 5.03. The molecule has 2 rings (SSSR count). The molecule has 0 atom stereocenters. The van der Waals surface area contributed by atoms with E-state index in [2.05, 4.69) is 6.92 Å². The van der Waals surface area contributed by atoms with E-state index < -0.39 is 11.8 Å². The van der Waals surface area contributed by atoms with Crippen LogP contribution in [0.2, 0.25) is 0 Å². The van der Waals surface area contributed by atoms with Gasteiger partial charge in [0.2, 0.25) is 6.43 Å². The maximum Gasteiger partial charge on any atom is 0.244 e. The van der Waals surface area contributed by atoms with Crippen LogP contribution in [0.15, 0.2) is 0 Å². The number of rotatable bonds is 1. The van der Waals surface area contributed by atoms with Gasteiger partial charge in [-0.3, -0.25) is 0 Å². The number of fused-ring (bicyclic) bond motifs is 2. The van der Waals surface area contributed by atoms with Gasteiger partial charge in [-0.1, -0.05) is 6.92 Å². The summed E-state index contributed by atoms with van der Waals surface area (Å²) in [5, 5.41) is 0. The third-order valence-corrected chi connectivity index (χ3v) is 3.69. The molecular weight excluding hydrogens is 146 g/mol. The lowest BCUT2D eigenvalue weighted by molar-refractivity contribution is 0.00160. The van der Waals surface area contributed by atoms with Gasteiger partial charge in [0.25, 0.3) is 0 Å². The summed E-state index contributed by atoms with van der Waals surface area (Å²) in [6.07, 6.45) is 2.28. The number of hydrogen-bond acceptors (Lipinski definition) is 0. The predicted molar refractivity (Wildman–Crippen MR) is 39.6 cm³/mol. The van der Waals surface area contributed by atoms with Crippen molar-refractivity contribution in [1.29, 1.82) is 0 Å². The predicted octanol–water partition coefficient (Wildman–Crippen LogP) is 3.22. The molecule has 0 aliphatic heterocycles. The van der Waals surface area contributed by atoms with Crippen LogP contribution in [0.4, 0.5) is 8.78 Å². The van der Waals surface area contributed by atoms with Gasteiger partial charge in [-0.25, -0.2) is 8.78 Å². The topological polar surface area (TPSA) is 0 Å². The Balaban J connectivity index is 2.20. The monoisotopic (exact) mass is 160 g/mol. The molecule has 0 aromatic rings. The van der Waals surface area contributed by atoms with Crippen molar-refractivity contribution in [1.82, 2.24) is 0 Å². The fourth-order valence-corrected chi connectivity index (χ4v) is 2.85. The van der Waals surface area contributed by atoms with Gasteiger partial charge in [-0.15, -0.1) is 0 Å². The Bertz CT molecular complexity index is 166. The fraction of sp³-hybridized carbons (Fsp3) is 1.00. The molecule has 2 aliphatic carbocycles. The summed E-state index contributed by atoms with van der Waals surface area (Å²) in [6, 6.07) is 0. The summed E-state index contributed by atoms with van der Waals surface area (Å²) in [5.74, 6) is 0. The van der Waals surface area contributed by atoms with Gasteiger partial charge in [0.1, 0.15) is 0 Å². The lowest BCUT2D eigenvalue weighted by Gasteiger charge is -2.25. The lowest BCUT2D eigenvalue weighted by atomic mass is 9.83. The summed E-state index contributed by atoms with van der Waals surface area (Å²) < 4.78 is 25.2. The Morgan fingerprint density at radius 1 is 1.09 bits per heavy atom. The first kappa shape index (κ1) is 7.51. The molecule has 0 nitrogen and oxygen atoms in total. The molecule has 2 fully saturated rings. The molecule has 0 spiro atoms. The normalized spacial score (nSPS) is 49.1. The van der Waals surface area contributed by atoms with Crippen LogP contribution in [0.1, 0.15) is 39.0 Å². The zero-order valence-electron chi connectivity index (χ0n) is 6.87. The molecule has 0 aromatic heterocycles. The molecule has 0 N–H and O–H groups in total. The van der Waals surface area contributed by atoms with Gasteiger partial charge >= 0.3 is 0 Å². The van der Waals surface area contributed by atoms with Gasteiger partial charge in [0, 0.05) is 5.41 Å². The number of hydrogen-bond donors (Lipinski definition) is 0. The summed E-state index contributed by atoms with van der Waals surface area (Å²) in [7, 11) is 0. The average Bonchev–Trinajstić information content (AvgIpc) is 2.42. The molecule has 11 heavy (non-hydrogen) atoms. The minimum absolute atomic E-state index is 0.274. The van der Waals surface area contributed by atoms with Crippen LogP contribution in [0.25, 0.3) is 0 Å². The first-order chi connectivity index (χ1) is 5.06. The van der Waals surface area contributed by atoms with Gasteiger partial charge in [-0.2, -0.15) is 0 Å². The van der Waals surface area contributed by atoms with E-state index in [4.69, 9.17) is 0 Å². The zero-order valence-corrected chi connectivity index (χ0v) is 6.87. The van der Waals surface area contributed by atoms with Gasteiger partial charge in [0.15, 0.2) is 0 Å². The van der Waals surface area contributed by atoms with Crippen LogP contribution in [0, 0.1) is 10.8 Å². The standard InChI is InChI=1S/C9H14F2/c1-8-2-4-9(6-8,5-3-8)7(10)11/h7H,2-6H2,1H3. The lowest BCUT2D eigenvalue weighted by Crippen LogP contribution is -2.23. The van der Waals surface area contributed by atoms with E-state index in [0.717, 1.165) is 32.1 Å². The molecule has 0 unspecified atom stereocenters. The molecule has 64 valence electrons. The van der Waals surface area contributed by atoms with Crippen LogP contribution in [0.3, 0.4) is 0 Å². The van der Waals surface area contributed by atoms with Crippen molar-refractivity contribution in [3.63, 3.8) is 0 Å². The SMILES string of the molecule is CC12CCC(C(F)F)(CC1)C2. The van der Waals surface area contributed by atoms with E-state index in [1.807, 2.05) is 0 Å². The summed E-state index contributed by atoms with van der Waals surface area (Å²) in [4.78, 5) is 0. The minimum atomic E-state index is -2.08. The van der Waals surface area contributed by atoms with Gasteiger partial charge in [0.05, 0.1) is 0 Å². The molecule has 2 heteroatoms. The Morgan fingerprint density at radius 2 is 1.64 bits per heavy atom. The first-order valence-electron chi connectivity index (χ1n) is 4.35. The van der Waals surface area contributed by atoms with Crippen LogP contribution in [-0.2, 0) is 0 Å². The molecule has 0 saturated heterocycles. The largest absolute Gasteiger partial charge is 0.244 e. The van der Waals surface area contributed by atoms with Crippen molar-refractivity contribution < 1.29 is 8.78 Å². The summed E-state index contributed by atoms with van der Waals surface area (Å²) in [6.45, 7) is 2.16. The smallest absolute Gasteiger partial charge is 0.210 e. The third-order valence-electron chi connectivity index (χ3n) is 3.69. The summed E-state index contributed by atoms with van der Waals surface area (Å²) >= 11 is 0. The Labute approximate surface area is 66.0 Å². The molecule has 0 aromatic carbocycles. The van der Waals surface area contributed by atoms with Crippen LogP contribution < -0.4 is 0 Å². The summed E-state index contributed by atoms with van der Waals surface area (Å²) in [5.41, 5.74) is -0.287. The van der Waals surface area contributed by atoms with E-state index in [1.165, 1.54) is 0 Å². The van der Waals surface area contributed by atoms with Crippen LogP contribution in [0.5, 0.6) is 0 Å². The minimum Gasteiger partial charge on any atom is -0.210 e. The van der Waals surface area contributed by atoms with Crippen molar-refractivity contribution in [3.8, 4) is 0 Å². The van der Waals surface area contributed by atoms with E-state index in [1.54, 1.807) is 0 Å². The van der Waals surface area contributed by atoms with Crippen molar-refractivity contribution in [2.45, 2.75) is 45.5 Å². The second-order valence-electron chi connectivity index (χ2n) is 4.65. The Morgan fingerprint density at radius 3 is 1.82 bits per heavy atom. The second kappa shape index (κ2) is 1.96. The molecule has 2 bridgehead atoms. The van der Waals surface area contributed by atoms with Gasteiger partial charge in [-0.05, 0) is 37.5 Å². The van der Waals surface area contributed by atoms with E-state index >= 15 is 0 Å². The molecule has 0 radical (unpaired) electrons. The highest BCUT2D eigenvalue weighted by atomic mass is 19.3. The van der Waals surface area contributed by atoms with Crippen molar-refractivity contribution >= 4 is 0 Å². The molecule has 0 heterocycles. The Kier molecular flexibility index (Phi) is 1.34. The highest BCUT2D eigenvalue weighted by Gasteiger charge is 2.56. The fourth-order valence-electron chi connectivity index (χ4n) is 2.85. The van der Waals surface area contributed by atoms with Crippen molar-refractivity contribution in [2.75, 3.05) is 0 Å². The van der Waals surface area contributed by atoms with E-state index in [-0.39, 0.29) is 5.41 Å². The highest BCUT2D eigenvalue weighted by Crippen LogP contribution is 2.63. The van der Waals surface area contributed by atoms with E-state index in [9.17, 15) is 8.78 Å². The van der Waals surface area contributed by atoms with E-state index in [0.29, 0.717) is 0 Å². The Hall–Kier alpha value is -0.140. The second-order valence-corrected chi connectivity index (χ2v) is 4.65. The maximum absolute atomic E-state index is 12.6. The molecule has 0 amide bonds. The molecule has 2 saturated carbocycles. The van der Waals surface area contributed by atoms with Crippen molar-refractivity contribution in [2.24, 2.45) is 10.8 Å².